The first-order valence-electron chi connectivity index (χ1n) is 8.43. The van der Waals surface area contributed by atoms with Gasteiger partial charge in [0.05, 0.1) is 11.7 Å². The van der Waals surface area contributed by atoms with Crippen molar-refractivity contribution in [3.8, 4) is 0 Å². The van der Waals surface area contributed by atoms with Gasteiger partial charge in [-0.2, -0.15) is 0 Å². The van der Waals surface area contributed by atoms with Gasteiger partial charge in [0.2, 0.25) is 11.7 Å². The van der Waals surface area contributed by atoms with E-state index >= 15 is 0 Å². The molecule has 1 aromatic heterocycles. The second-order valence-corrected chi connectivity index (χ2v) is 7.48. The molecule has 0 unspecified atom stereocenters. The number of likely N-dealkylation sites (tertiary alicyclic amines) is 2. The average Bonchev–Trinajstić information content (AvgIpc) is 3.04. The number of hydrogen-bond donors (Lipinski definition) is 0. The van der Waals surface area contributed by atoms with Crippen LogP contribution in [-0.4, -0.2) is 51.3 Å². The highest BCUT2D eigenvalue weighted by Gasteiger charge is 2.61. The van der Waals surface area contributed by atoms with E-state index in [2.05, 4.69) is 11.9 Å². The molecular weight excluding hydrogens is 294 g/mol. The molecule has 124 valence electrons. The number of carbonyl (C=O) groups is 2. The molecule has 0 radical (unpaired) electrons. The van der Waals surface area contributed by atoms with E-state index in [4.69, 9.17) is 4.42 Å². The number of nitrogens with zero attached hydrogens (tertiary/aromatic N) is 3. The van der Waals surface area contributed by atoms with Crippen LogP contribution in [0.2, 0.25) is 0 Å². The minimum atomic E-state index is -0.0650. The summed E-state index contributed by atoms with van der Waals surface area (Å²) in [6.07, 6.45) is 5.42. The molecule has 1 aliphatic carbocycles. The van der Waals surface area contributed by atoms with Gasteiger partial charge in [0, 0.05) is 31.0 Å². The number of amides is 2. The lowest BCUT2D eigenvalue weighted by atomic mass is 9.66. The van der Waals surface area contributed by atoms with Gasteiger partial charge in [-0.25, -0.2) is 4.98 Å². The Morgan fingerprint density at radius 2 is 2.09 bits per heavy atom. The van der Waals surface area contributed by atoms with Crippen molar-refractivity contribution in [1.82, 2.24) is 14.8 Å². The summed E-state index contributed by atoms with van der Waals surface area (Å²) in [5.74, 6) is 0.402. The van der Waals surface area contributed by atoms with Crippen LogP contribution in [0.5, 0.6) is 0 Å². The molecule has 2 saturated heterocycles. The predicted octanol–water partition coefficient (Wildman–Crippen LogP) is 1.99. The van der Waals surface area contributed by atoms with Crippen molar-refractivity contribution in [1.29, 1.82) is 0 Å². The Kier molecular flexibility index (Phi) is 3.09. The van der Waals surface area contributed by atoms with E-state index in [1.165, 1.54) is 6.39 Å². The van der Waals surface area contributed by atoms with E-state index in [1.54, 1.807) is 13.8 Å². The molecule has 0 spiro atoms. The third-order valence-corrected chi connectivity index (χ3v) is 6.24. The number of piperidine rings is 1. The molecule has 3 heterocycles. The molecule has 6 heteroatoms. The van der Waals surface area contributed by atoms with E-state index in [0.717, 1.165) is 25.7 Å². The number of aryl methyl sites for hydroxylation is 1. The largest absolute Gasteiger partial charge is 0.438 e. The van der Waals surface area contributed by atoms with Crippen LogP contribution < -0.4 is 0 Å². The maximum atomic E-state index is 13.1. The highest BCUT2D eigenvalue weighted by molar-refractivity contribution is 5.93. The lowest BCUT2D eigenvalue weighted by Crippen LogP contribution is -2.57. The van der Waals surface area contributed by atoms with Gasteiger partial charge in [-0.05, 0) is 32.6 Å². The minimum Gasteiger partial charge on any atom is -0.438 e. The third-order valence-electron chi connectivity index (χ3n) is 6.24. The van der Waals surface area contributed by atoms with E-state index in [1.807, 2.05) is 9.80 Å². The van der Waals surface area contributed by atoms with Crippen molar-refractivity contribution in [3.05, 3.63) is 17.8 Å². The van der Waals surface area contributed by atoms with Crippen molar-refractivity contribution in [3.63, 3.8) is 0 Å². The molecule has 6 nitrogen and oxygen atoms in total. The molecule has 3 aliphatic rings. The van der Waals surface area contributed by atoms with Crippen molar-refractivity contribution < 1.29 is 14.0 Å². The van der Waals surface area contributed by atoms with Crippen LogP contribution in [0, 0.1) is 12.3 Å². The van der Waals surface area contributed by atoms with Gasteiger partial charge in [-0.15, -0.1) is 0 Å². The van der Waals surface area contributed by atoms with Gasteiger partial charge >= 0.3 is 0 Å². The van der Waals surface area contributed by atoms with Gasteiger partial charge in [0.1, 0.15) is 0 Å². The summed E-state index contributed by atoms with van der Waals surface area (Å²) in [6.45, 7) is 6.34. The van der Waals surface area contributed by atoms with Crippen LogP contribution in [0.25, 0.3) is 0 Å². The Balaban J connectivity index is 1.74. The van der Waals surface area contributed by atoms with E-state index < -0.39 is 0 Å². The molecule has 0 N–H and O–H groups in total. The van der Waals surface area contributed by atoms with E-state index in [-0.39, 0.29) is 35.4 Å². The summed E-state index contributed by atoms with van der Waals surface area (Å²) in [5.41, 5.74) is 0.633. The average molecular weight is 317 g/mol. The maximum absolute atomic E-state index is 13.1. The monoisotopic (exact) mass is 317 g/mol. The second kappa shape index (κ2) is 4.82. The molecule has 1 saturated carbocycles. The summed E-state index contributed by atoms with van der Waals surface area (Å²) < 4.78 is 5.35. The lowest BCUT2D eigenvalue weighted by Gasteiger charge is -2.49. The van der Waals surface area contributed by atoms with Crippen LogP contribution in [-0.2, 0) is 4.79 Å². The molecule has 4 rings (SSSR count). The van der Waals surface area contributed by atoms with Gasteiger partial charge in [-0.3, -0.25) is 9.59 Å². The Morgan fingerprint density at radius 3 is 2.74 bits per heavy atom. The lowest BCUT2D eigenvalue weighted by molar-refractivity contribution is -0.137. The smallest absolute Gasteiger partial charge is 0.292 e. The summed E-state index contributed by atoms with van der Waals surface area (Å²) in [4.78, 5) is 33.3. The van der Waals surface area contributed by atoms with Gasteiger partial charge in [0.25, 0.3) is 5.91 Å². The van der Waals surface area contributed by atoms with Crippen LogP contribution in [0.3, 0.4) is 0 Å². The predicted molar refractivity (Wildman–Crippen MR) is 82.7 cm³/mol. The molecule has 23 heavy (non-hydrogen) atoms. The topological polar surface area (TPSA) is 66.7 Å². The Labute approximate surface area is 135 Å². The third kappa shape index (κ3) is 1.90. The van der Waals surface area contributed by atoms with E-state index in [0.29, 0.717) is 18.0 Å². The molecule has 3 fully saturated rings. The molecule has 4 atom stereocenters. The molecular formula is C17H23N3O3. The molecule has 2 amide bonds. The number of aromatic nitrogens is 1. The molecule has 0 aromatic carbocycles. The number of carbonyl (C=O) groups excluding carboxylic acids is 2. The van der Waals surface area contributed by atoms with Gasteiger partial charge < -0.3 is 14.2 Å². The Morgan fingerprint density at radius 1 is 1.35 bits per heavy atom. The summed E-state index contributed by atoms with van der Waals surface area (Å²) in [6, 6.07) is 0.525. The fourth-order valence-corrected chi connectivity index (χ4v) is 5.27. The van der Waals surface area contributed by atoms with Crippen molar-refractivity contribution in [2.45, 2.75) is 64.6 Å². The molecule has 2 bridgehead atoms. The first-order valence-corrected chi connectivity index (χ1v) is 8.43. The number of fused-ring (bicyclic) bond motifs is 1. The fraction of sp³-hybridized carbons (Fsp3) is 0.706. The Bertz CT molecular complexity index is 670. The number of hydrogen-bond acceptors (Lipinski definition) is 4. The summed E-state index contributed by atoms with van der Waals surface area (Å²) in [7, 11) is 0. The van der Waals surface area contributed by atoms with Gasteiger partial charge in [0.15, 0.2) is 6.39 Å². The minimum absolute atomic E-state index is 0.00355. The molecule has 1 aromatic rings. The quantitative estimate of drug-likeness (QED) is 0.794. The first-order chi connectivity index (χ1) is 10.9. The highest BCUT2D eigenvalue weighted by atomic mass is 16.3. The zero-order valence-corrected chi connectivity index (χ0v) is 13.9. The van der Waals surface area contributed by atoms with Crippen LogP contribution in [0.15, 0.2) is 10.8 Å². The second-order valence-electron chi connectivity index (χ2n) is 7.48. The zero-order chi connectivity index (χ0) is 16.4. The van der Waals surface area contributed by atoms with Crippen molar-refractivity contribution in [2.75, 3.05) is 6.54 Å². The van der Waals surface area contributed by atoms with Crippen LogP contribution in [0.4, 0.5) is 0 Å². The van der Waals surface area contributed by atoms with Crippen LogP contribution in [0.1, 0.15) is 55.8 Å². The fourth-order valence-electron chi connectivity index (χ4n) is 5.27. The molecule has 2 aliphatic heterocycles. The number of rotatable bonds is 1. The standard InChI is InChI=1S/C17H23N3O3/c1-10-15(23-9-18-10)16(22)20-12-7-17(3)13(5-4-6-14(17)20)19(8-12)11(2)21/h9,12-14H,4-8H2,1-3H3/t12-,13+,14-,17+/m0/s1. The maximum Gasteiger partial charge on any atom is 0.292 e. The normalized spacial score (nSPS) is 35.5. The van der Waals surface area contributed by atoms with Gasteiger partial charge in [-0.1, -0.05) is 6.92 Å². The van der Waals surface area contributed by atoms with Crippen LogP contribution >= 0.6 is 0 Å². The summed E-state index contributed by atoms with van der Waals surface area (Å²) in [5, 5.41) is 0. The SMILES string of the molecule is CC(=O)N1C[C@@H]2C[C@@]3(C)[C@H](CCC[C@@H]13)N2C(=O)c1ocnc1C. The zero-order valence-electron chi connectivity index (χ0n) is 13.9. The highest BCUT2D eigenvalue weighted by Crippen LogP contribution is 2.54. The van der Waals surface area contributed by atoms with Crippen molar-refractivity contribution >= 4 is 11.8 Å². The van der Waals surface area contributed by atoms with E-state index in [9.17, 15) is 9.59 Å². The first kappa shape index (κ1) is 14.7. The summed E-state index contributed by atoms with van der Waals surface area (Å²) >= 11 is 0. The Hall–Kier alpha value is -1.85. The number of oxazole rings is 1. The van der Waals surface area contributed by atoms with Crippen molar-refractivity contribution in [2.24, 2.45) is 5.41 Å².